The molecule has 16 heavy (non-hydrogen) atoms. The number of carbonyl (C=O) groups is 1. The van der Waals surface area contributed by atoms with Gasteiger partial charge in [0.2, 0.25) is 0 Å². The van der Waals surface area contributed by atoms with Crippen LogP contribution in [-0.2, 0) is 11.2 Å². The lowest BCUT2D eigenvalue weighted by Gasteiger charge is -2.12. The Morgan fingerprint density at radius 2 is 2.12 bits per heavy atom. The molecule has 0 radical (unpaired) electrons. The highest BCUT2D eigenvalue weighted by molar-refractivity contribution is 5.70. The van der Waals surface area contributed by atoms with Gasteiger partial charge in [0, 0.05) is 5.56 Å². The van der Waals surface area contributed by atoms with Crippen LogP contribution in [0.5, 0.6) is 5.75 Å². The summed E-state index contributed by atoms with van der Waals surface area (Å²) < 4.78 is 13.2. The van der Waals surface area contributed by atoms with Gasteiger partial charge in [-0.3, -0.25) is 4.79 Å². The van der Waals surface area contributed by atoms with Gasteiger partial charge in [0.1, 0.15) is 0 Å². The molecule has 0 aliphatic rings. The second-order valence-electron chi connectivity index (χ2n) is 3.38. The molecule has 0 aliphatic carbocycles. The van der Waals surface area contributed by atoms with E-state index >= 15 is 0 Å². The van der Waals surface area contributed by atoms with E-state index in [9.17, 15) is 14.3 Å². The number of aliphatic hydroxyl groups excluding tert-OH is 1. The molecule has 1 aromatic rings. The molecule has 0 fully saturated rings. The first-order valence-corrected chi connectivity index (χ1v) is 4.55. The van der Waals surface area contributed by atoms with E-state index in [4.69, 9.17) is 15.9 Å². The van der Waals surface area contributed by atoms with Gasteiger partial charge < -0.3 is 21.1 Å². The molecule has 0 heterocycles. The lowest BCUT2D eigenvalue weighted by Crippen LogP contribution is -2.15. The van der Waals surface area contributed by atoms with Gasteiger partial charge in [-0.1, -0.05) is 0 Å². The second-order valence-corrected chi connectivity index (χ2v) is 3.38. The maximum atomic E-state index is 13.2. The lowest BCUT2D eigenvalue weighted by atomic mass is 10.0. The number of aliphatic hydroxyl groups is 1. The summed E-state index contributed by atoms with van der Waals surface area (Å²) in [6, 6.07) is 1.26. The fourth-order valence-electron chi connectivity index (χ4n) is 1.34. The number of carboxylic acids is 1. The Morgan fingerprint density at radius 1 is 1.50 bits per heavy atom. The number of hydrogen-bond acceptors (Lipinski definition) is 4. The Bertz CT molecular complexity index is 408. The van der Waals surface area contributed by atoms with Gasteiger partial charge in [-0.15, -0.1) is 0 Å². The Hall–Kier alpha value is -1.66. The number of hydrogen-bond donors (Lipinski definition) is 4. The van der Waals surface area contributed by atoms with E-state index < -0.39 is 30.2 Å². The average Bonchev–Trinajstić information content (AvgIpc) is 2.21. The first-order chi connectivity index (χ1) is 7.45. The van der Waals surface area contributed by atoms with Crippen LogP contribution in [0.1, 0.15) is 17.2 Å². The van der Waals surface area contributed by atoms with E-state index in [0.717, 1.165) is 6.07 Å². The number of phenolic OH excluding ortho intramolecular Hbond substituents is 1. The number of aromatic hydroxyl groups is 1. The van der Waals surface area contributed by atoms with E-state index in [2.05, 4.69) is 0 Å². The maximum Gasteiger partial charge on any atom is 0.307 e. The third-order valence-corrected chi connectivity index (χ3v) is 2.10. The number of aliphatic carboxylic acids is 1. The van der Waals surface area contributed by atoms with Crippen molar-refractivity contribution in [2.24, 2.45) is 5.73 Å². The minimum Gasteiger partial charge on any atom is -0.505 e. The predicted molar refractivity (Wildman–Crippen MR) is 53.4 cm³/mol. The third kappa shape index (κ3) is 2.68. The molecule has 0 unspecified atom stereocenters. The van der Waals surface area contributed by atoms with Crippen LogP contribution in [0.2, 0.25) is 0 Å². The van der Waals surface area contributed by atoms with Gasteiger partial charge in [0.25, 0.3) is 0 Å². The van der Waals surface area contributed by atoms with Crippen molar-refractivity contribution in [3.05, 3.63) is 29.1 Å². The average molecular weight is 229 g/mol. The van der Waals surface area contributed by atoms with Crippen molar-refractivity contribution in [2.45, 2.75) is 12.5 Å². The minimum absolute atomic E-state index is 0.00116. The molecule has 0 saturated carbocycles. The Morgan fingerprint density at radius 3 is 2.62 bits per heavy atom. The summed E-state index contributed by atoms with van der Waals surface area (Å²) in [6.45, 7) is -0.469. The molecular weight excluding hydrogens is 217 g/mol. The topological polar surface area (TPSA) is 104 Å². The summed E-state index contributed by atoms with van der Waals surface area (Å²) >= 11 is 0. The first-order valence-electron chi connectivity index (χ1n) is 4.55. The van der Waals surface area contributed by atoms with E-state index in [1.807, 2.05) is 0 Å². The van der Waals surface area contributed by atoms with Crippen LogP contribution in [0.25, 0.3) is 0 Å². The van der Waals surface area contributed by atoms with Crippen LogP contribution in [0.3, 0.4) is 0 Å². The largest absolute Gasteiger partial charge is 0.505 e. The lowest BCUT2D eigenvalue weighted by molar-refractivity contribution is -0.136. The molecule has 5 nitrogen and oxygen atoms in total. The van der Waals surface area contributed by atoms with Crippen LogP contribution in [0, 0.1) is 5.82 Å². The zero-order chi connectivity index (χ0) is 12.3. The van der Waals surface area contributed by atoms with Crippen molar-refractivity contribution in [1.82, 2.24) is 0 Å². The standard InChI is InChI=1S/C10H12FNO4/c11-7-2-5(3-9(14)15)1-6(10(7)16)8(12)4-13/h1-2,8,13,16H,3-4,12H2,(H,14,15)/t8-/m1/s1. The molecule has 1 aromatic carbocycles. The minimum atomic E-state index is -1.12. The Labute approximate surface area is 90.9 Å². The molecule has 0 spiro atoms. The molecule has 6 heteroatoms. The third-order valence-electron chi connectivity index (χ3n) is 2.10. The first kappa shape index (κ1) is 12.4. The normalized spacial score (nSPS) is 12.4. The smallest absolute Gasteiger partial charge is 0.307 e. The number of halogens is 1. The summed E-state index contributed by atoms with van der Waals surface area (Å²) in [5.41, 5.74) is 5.62. The highest BCUT2D eigenvalue weighted by Gasteiger charge is 2.16. The van der Waals surface area contributed by atoms with Gasteiger partial charge in [-0.2, -0.15) is 0 Å². The van der Waals surface area contributed by atoms with Gasteiger partial charge >= 0.3 is 5.97 Å². The van der Waals surface area contributed by atoms with Crippen LogP contribution >= 0.6 is 0 Å². The molecule has 0 aliphatic heterocycles. The van der Waals surface area contributed by atoms with Crippen molar-refractivity contribution in [1.29, 1.82) is 0 Å². The Balaban J connectivity index is 3.16. The van der Waals surface area contributed by atoms with Crippen molar-refractivity contribution in [3.63, 3.8) is 0 Å². The zero-order valence-electron chi connectivity index (χ0n) is 8.35. The van der Waals surface area contributed by atoms with Crippen molar-refractivity contribution < 1.29 is 24.5 Å². The maximum absolute atomic E-state index is 13.2. The summed E-state index contributed by atoms with van der Waals surface area (Å²) in [4.78, 5) is 10.5. The van der Waals surface area contributed by atoms with E-state index in [1.165, 1.54) is 6.07 Å². The monoisotopic (exact) mass is 229 g/mol. The number of phenols is 1. The summed E-state index contributed by atoms with van der Waals surface area (Å²) in [7, 11) is 0. The second kappa shape index (κ2) is 4.91. The van der Waals surface area contributed by atoms with E-state index in [1.54, 1.807) is 0 Å². The molecular formula is C10H12FNO4. The van der Waals surface area contributed by atoms with Crippen molar-refractivity contribution in [3.8, 4) is 5.75 Å². The Kier molecular flexibility index (Phi) is 3.81. The summed E-state index contributed by atoms with van der Waals surface area (Å²) in [6.07, 6.45) is -0.373. The molecule has 0 saturated heterocycles. The fraction of sp³-hybridized carbons (Fsp3) is 0.300. The van der Waals surface area contributed by atoms with Gasteiger partial charge in [0.15, 0.2) is 11.6 Å². The molecule has 1 rings (SSSR count). The van der Waals surface area contributed by atoms with Crippen LogP contribution in [-0.4, -0.2) is 27.9 Å². The highest BCUT2D eigenvalue weighted by atomic mass is 19.1. The van der Waals surface area contributed by atoms with E-state index in [-0.39, 0.29) is 17.5 Å². The number of benzene rings is 1. The van der Waals surface area contributed by atoms with Crippen LogP contribution < -0.4 is 5.73 Å². The zero-order valence-corrected chi connectivity index (χ0v) is 8.35. The molecule has 0 bridgehead atoms. The molecule has 88 valence electrons. The SMILES string of the molecule is N[C@H](CO)c1cc(CC(=O)O)cc(F)c1O. The summed E-state index contributed by atoms with van der Waals surface area (Å²) in [5.74, 6) is -2.72. The highest BCUT2D eigenvalue weighted by Crippen LogP contribution is 2.27. The molecule has 1 atom stereocenters. The van der Waals surface area contributed by atoms with Crippen LogP contribution in [0.15, 0.2) is 12.1 Å². The number of nitrogens with two attached hydrogens (primary N) is 1. The summed E-state index contributed by atoms with van der Waals surface area (Å²) in [5, 5.41) is 26.7. The van der Waals surface area contributed by atoms with Crippen molar-refractivity contribution >= 4 is 5.97 Å². The fourth-order valence-corrected chi connectivity index (χ4v) is 1.34. The van der Waals surface area contributed by atoms with E-state index in [0.29, 0.717) is 0 Å². The predicted octanol–water partition coefficient (Wildman–Crippen LogP) is 0.150. The number of rotatable bonds is 4. The van der Waals surface area contributed by atoms with Gasteiger partial charge in [-0.25, -0.2) is 4.39 Å². The quantitative estimate of drug-likeness (QED) is 0.588. The van der Waals surface area contributed by atoms with Crippen LogP contribution in [0.4, 0.5) is 4.39 Å². The number of carboxylic acid groups (broad SMARTS) is 1. The molecule has 0 amide bonds. The molecule has 5 N–H and O–H groups in total. The van der Waals surface area contributed by atoms with Gasteiger partial charge in [-0.05, 0) is 17.7 Å². The van der Waals surface area contributed by atoms with Gasteiger partial charge in [0.05, 0.1) is 19.1 Å². The van der Waals surface area contributed by atoms with Crippen molar-refractivity contribution in [2.75, 3.05) is 6.61 Å². The molecule has 0 aromatic heterocycles.